The number of nitrogens with one attached hydrogen (secondary N) is 3. The van der Waals surface area contributed by atoms with Gasteiger partial charge in [-0.15, -0.1) is 0 Å². The van der Waals surface area contributed by atoms with Crippen LogP contribution in [0.5, 0.6) is 0 Å². The number of amides is 2. The normalized spacial score (nSPS) is 14.1. The SMILES string of the molecule is Cc1[nH]c(C)c(S(=O)(=O)NCCC(=O)Nc2cccc(Cl)c2C)c1C(=O)N1CCCC1. The molecule has 3 rings (SSSR count). The summed E-state index contributed by atoms with van der Waals surface area (Å²) >= 11 is 6.06. The molecule has 8 nitrogen and oxygen atoms in total. The van der Waals surface area contributed by atoms with Gasteiger partial charge in [0.05, 0.1) is 5.56 Å². The van der Waals surface area contributed by atoms with Gasteiger partial charge in [-0.3, -0.25) is 9.59 Å². The minimum absolute atomic E-state index is 0.0482. The average Bonchev–Trinajstić information content (AvgIpc) is 3.32. The molecule has 1 aliphatic rings. The summed E-state index contributed by atoms with van der Waals surface area (Å²) in [6, 6.07) is 5.18. The van der Waals surface area contributed by atoms with Gasteiger partial charge in [-0.05, 0) is 51.3 Å². The molecule has 31 heavy (non-hydrogen) atoms. The van der Waals surface area contributed by atoms with Crippen molar-refractivity contribution in [3.63, 3.8) is 0 Å². The van der Waals surface area contributed by atoms with Crippen molar-refractivity contribution in [1.82, 2.24) is 14.6 Å². The molecule has 0 unspecified atom stereocenters. The Morgan fingerprint density at radius 3 is 2.48 bits per heavy atom. The van der Waals surface area contributed by atoms with Gasteiger partial charge in [-0.25, -0.2) is 13.1 Å². The highest BCUT2D eigenvalue weighted by molar-refractivity contribution is 7.89. The van der Waals surface area contributed by atoms with Gasteiger partial charge in [0.1, 0.15) is 4.90 Å². The fourth-order valence-corrected chi connectivity index (χ4v) is 5.41. The molecule has 0 spiro atoms. The summed E-state index contributed by atoms with van der Waals surface area (Å²) in [7, 11) is -3.99. The third kappa shape index (κ3) is 5.11. The average molecular weight is 467 g/mol. The van der Waals surface area contributed by atoms with Crippen molar-refractivity contribution in [3.05, 3.63) is 45.7 Å². The van der Waals surface area contributed by atoms with E-state index in [0.717, 1.165) is 18.4 Å². The number of nitrogens with zero attached hydrogens (tertiary/aromatic N) is 1. The van der Waals surface area contributed by atoms with E-state index in [-0.39, 0.29) is 35.2 Å². The Bertz CT molecular complexity index is 1100. The van der Waals surface area contributed by atoms with Crippen LogP contribution in [0.3, 0.4) is 0 Å². The van der Waals surface area contributed by atoms with Gasteiger partial charge >= 0.3 is 0 Å². The number of aryl methyl sites for hydroxylation is 2. The fourth-order valence-electron chi connectivity index (χ4n) is 3.76. The largest absolute Gasteiger partial charge is 0.361 e. The zero-order valence-electron chi connectivity index (χ0n) is 17.8. The quantitative estimate of drug-likeness (QED) is 0.582. The zero-order chi connectivity index (χ0) is 22.8. The number of aromatic amines is 1. The molecule has 0 atom stereocenters. The molecule has 2 heterocycles. The van der Waals surface area contributed by atoms with Crippen LogP contribution in [-0.4, -0.2) is 49.8 Å². The summed E-state index contributed by atoms with van der Waals surface area (Å²) in [5.74, 6) is -0.627. The van der Waals surface area contributed by atoms with Crippen LogP contribution < -0.4 is 10.0 Å². The van der Waals surface area contributed by atoms with Gasteiger partial charge in [0.25, 0.3) is 5.91 Å². The first-order valence-electron chi connectivity index (χ1n) is 10.1. The third-order valence-electron chi connectivity index (χ3n) is 5.38. The molecule has 0 saturated carbocycles. The van der Waals surface area contributed by atoms with Crippen molar-refractivity contribution in [1.29, 1.82) is 0 Å². The Morgan fingerprint density at radius 1 is 1.13 bits per heavy atom. The lowest BCUT2D eigenvalue weighted by Gasteiger charge is -2.17. The van der Waals surface area contributed by atoms with Crippen LogP contribution in [0, 0.1) is 20.8 Å². The Kier molecular flexibility index (Phi) is 7.08. The molecular formula is C21H27ClN4O4S. The summed E-state index contributed by atoms with van der Waals surface area (Å²) in [5.41, 5.74) is 2.40. The predicted octanol–water partition coefficient (Wildman–Crippen LogP) is 3.14. The van der Waals surface area contributed by atoms with Crippen molar-refractivity contribution in [2.45, 2.75) is 44.9 Å². The minimum atomic E-state index is -3.99. The van der Waals surface area contributed by atoms with Crippen LogP contribution in [0.15, 0.2) is 23.1 Å². The van der Waals surface area contributed by atoms with Crippen LogP contribution in [-0.2, 0) is 14.8 Å². The molecule has 3 N–H and O–H groups in total. The molecule has 168 valence electrons. The molecule has 2 amide bonds. The number of likely N-dealkylation sites (tertiary alicyclic amines) is 1. The molecule has 1 fully saturated rings. The van der Waals surface area contributed by atoms with Gasteiger partial charge in [-0.2, -0.15) is 0 Å². The number of hydrogen-bond donors (Lipinski definition) is 3. The van der Waals surface area contributed by atoms with Crippen LogP contribution in [0.1, 0.15) is 46.6 Å². The van der Waals surface area contributed by atoms with Gasteiger partial charge in [0.15, 0.2) is 0 Å². The first kappa shape index (κ1) is 23.3. The summed E-state index contributed by atoms with van der Waals surface area (Å²) in [5, 5.41) is 3.27. The molecule has 1 aromatic carbocycles. The number of benzene rings is 1. The van der Waals surface area contributed by atoms with Crippen LogP contribution in [0.2, 0.25) is 5.02 Å². The third-order valence-corrected chi connectivity index (χ3v) is 7.42. The summed E-state index contributed by atoms with van der Waals surface area (Å²) < 4.78 is 28.4. The van der Waals surface area contributed by atoms with Crippen molar-refractivity contribution in [2.75, 3.05) is 25.0 Å². The topological polar surface area (TPSA) is 111 Å². The van der Waals surface area contributed by atoms with Gasteiger partial charge < -0.3 is 15.2 Å². The van der Waals surface area contributed by atoms with E-state index in [1.165, 1.54) is 0 Å². The fraction of sp³-hybridized carbons (Fsp3) is 0.429. The molecule has 1 aromatic heterocycles. The Labute approximate surface area is 187 Å². The van der Waals surface area contributed by atoms with Gasteiger partial charge in [-0.1, -0.05) is 17.7 Å². The number of anilines is 1. The number of sulfonamides is 1. The van der Waals surface area contributed by atoms with Crippen LogP contribution in [0.25, 0.3) is 0 Å². The molecule has 2 aromatic rings. The first-order valence-corrected chi connectivity index (χ1v) is 12.0. The Balaban J connectivity index is 1.69. The maximum Gasteiger partial charge on any atom is 0.257 e. The van der Waals surface area contributed by atoms with E-state index >= 15 is 0 Å². The maximum atomic E-state index is 13.0. The lowest BCUT2D eigenvalue weighted by Crippen LogP contribution is -2.32. The van der Waals surface area contributed by atoms with Crippen molar-refractivity contribution in [3.8, 4) is 0 Å². The molecule has 1 aliphatic heterocycles. The molecule has 0 bridgehead atoms. The molecule has 1 saturated heterocycles. The Hall–Kier alpha value is -2.36. The standard InChI is InChI=1S/C21H27ClN4O4S/c1-13-16(22)7-6-8-17(13)25-18(27)9-10-23-31(29,30)20-15(3)24-14(2)19(20)21(28)26-11-4-5-12-26/h6-8,23-24H,4-5,9-12H2,1-3H3,(H,25,27). The minimum Gasteiger partial charge on any atom is -0.361 e. The molecular weight excluding hydrogens is 440 g/mol. The summed E-state index contributed by atoms with van der Waals surface area (Å²) in [6.07, 6.45) is 1.76. The smallest absolute Gasteiger partial charge is 0.257 e. The number of halogens is 1. The summed E-state index contributed by atoms with van der Waals surface area (Å²) in [4.78, 5) is 29.8. The molecule has 10 heteroatoms. The van der Waals surface area contributed by atoms with Crippen molar-refractivity contribution < 1.29 is 18.0 Å². The van der Waals surface area contributed by atoms with E-state index in [4.69, 9.17) is 11.6 Å². The van der Waals surface area contributed by atoms with Crippen LogP contribution in [0.4, 0.5) is 5.69 Å². The van der Waals surface area contributed by atoms with Crippen LogP contribution >= 0.6 is 11.6 Å². The molecule has 0 radical (unpaired) electrons. The van der Waals surface area contributed by atoms with Gasteiger partial charge in [0, 0.05) is 48.2 Å². The zero-order valence-corrected chi connectivity index (χ0v) is 19.4. The van der Waals surface area contributed by atoms with E-state index in [9.17, 15) is 18.0 Å². The number of aromatic nitrogens is 1. The Morgan fingerprint density at radius 2 is 1.81 bits per heavy atom. The summed E-state index contributed by atoms with van der Waals surface area (Å²) in [6.45, 7) is 6.25. The first-order chi connectivity index (χ1) is 14.6. The van der Waals surface area contributed by atoms with Crippen molar-refractivity contribution >= 4 is 39.1 Å². The highest BCUT2D eigenvalue weighted by atomic mass is 35.5. The number of rotatable bonds is 7. The second kappa shape index (κ2) is 9.42. The second-order valence-corrected chi connectivity index (χ2v) is 9.80. The number of carbonyl (C=O) groups excluding carboxylic acids is 2. The number of carbonyl (C=O) groups is 2. The molecule has 0 aliphatic carbocycles. The van der Waals surface area contributed by atoms with E-state index in [1.807, 2.05) is 0 Å². The highest BCUT2D eigenvalue weighted by Crippen LogP contribution is 2.26. The van der Waals surface area contributed by atoms with E-state index in [2.05, 4.69) is 15.0 Å². The predicted molar refractivity (Wildman–Crippen MR) is 120 cm³/mol. The number of H-pyrrole nitrogens is 1. The second-order valence-electron chi connectivity index (χ2n) is 7.69. The lowest BCUT2D eigenvalue weighted by molar-refractivity contribution is -0.116. The highest BCUT2D eigenvalue weighted by Gasteiger charge is 2.32. The maximum absolute atomic E-state index is 13.0. The van der Waals surface area contributed by atoms with E-state index in [1.54, 1.807) is 43.9 Å². The van der Waals surface area contributed by atoms with Crippen molar-refractivity contribution in [2.24, 2.45) is 0 Å². The van der Waals surface area contributed by atoms with E-state index < -0.39 is 10.0 Å². The number of hydrogen-bond acceptors (Lipinski definition) is 4. The van der Waals surface area contributed by atoms with E-state index in [0.29, 0.717) is 35.2 Å². The monoisotopic (exact) mass is 466 g/mol. The van der Waals surface area contributed by atoms with Gasteiger partial charge in [0.2, 0.25) is 15.9 Å². The lowest BCUT2D eigenvalue weighted by atomic mass is 10.2.